The molecule has 1 aromatic heterocycles. The summed E-state index contributed by atoms with van der Waals surface area (Å²) in [5, 5.41) is 13.4. The maximum absolute atomic E-state index is 14.4. The fourth-order valence-corrected chi connectivity index (χ4v) is 4.32. The molecule has 0 bridgehead atoms. The number of ether oxygens (including phenoxy) is 2. The van der Waals surface area contributed by atoms with Crippen molar-refractivity contribution in [1.82, 2.24) is 4.98 Å². The first-order valence-electron chi connectivity index (χ1n) is 11.6. The Morgan fingerprint density at radius 2 is 1.95 bits per heavy atom. The molecular formula is C27H28F2N2O5S. The summed E-state index contributed by atoms with van der Waals surface area (Å²) in [7, 11) is 1.56. The Bertz CT molecular complexity index is 1300. The summed E-state index contributed by atoms with van der Waals surface area (Å²) < 4.78 is 40.4. The Labute approximate surface area is 217 Å². The third kappa shape index (κ3) is 6.99. The van der Waals surface area contributed by atoms with Crippen molar-refractivity contribution in [3.63, 3.8) is 0 Å². The van der Waals surface area contributed by atoms with Gasteiger partial charge in [-0.25, -0.2) is 18.6 Å². The molecule has 1 atom stereocenters. The summed E-state index contributed by atoms with van der Waals surface area (Å²) in [6.45, 7) is 5.71. The molecule has 10 heteroatoms. The molecule has 0 aliphatic rings. The zero-order valence-electron chi connectivity index (χ0n) is 20.9. The highest BCUT2D eigenvalue weighted by atomic mass is 32.1. The predicted molar refractivity (Wildman–Crippen MR) is 139 cm³/mol. The molecule has 3 aromatic rings. The van der Waals surface area contributed by atoms with E-state index in [1.807, 2.05) is 25.1 Å². The SMILES string of the molecule is CCCC(C)OCc1cccc(-c2csc(NC(=O)c3cc(F)c(/C=C(\C)C(=O)O)c(F)c3)n2)c1OC. The monoisotopic (exact) mass is 530 g/mol. The molecule has 0 aliphatic carbocycles. The number of carboxylic acid groups (broad SMARTS) is 1. The van der Waals surface area contributed by atoms with E-state index in [-0.39, 0.29) is 22.4 Å². The normalized spacial score (nSPS) is 12.3. The second-order valence-electron chi connectivity index (χ2n) is 8.39. The van der Waals surface area contributed by atoms with Gasteiger partial charge in [0.05, 0.1) is 25.5 Å². The number of nitrogens with one attached hydrogen (secondary N) is 1. The number of para-hydroxylation sites is 1. The van der Waals surface area contributed by atoms with Crippen molar-refractivity contribution in [2.24, 2.45) is 0 Å². The van der Waals surface area contributed by atoms with Gasteiger partial charge in [0, 0.05) is 33.2 Å². The maximum Gasteiger partial charge on any atom is 0.331 e. The highest BCUT2D eigenvalue weighted by Crippen LogP contribution is 2.35. The minimum absolute atomic E-state index is 0.111. The molecule has 0 aliphatic heterocycles. The van der Waals surface area contributed by atoms with Crippen LogP contribution in [-0.2, 0) is 16.1 Å². The van der Waals surface area contributed by atoms with Crippen molar-refractivity contribution in [2.45, 2.75) is 46.3 Å². The molecule has 0 saturated carbocycles. The quantitative estimate of drug-likeness (QED) is 0.273. The van der Waals surface area contributed by atoms with Gasteiger partial charge in [0.1, 0.15) is 17.4 Å². The van der Waals surface area contributed by atoms with Crippen molar-refractivity contribution < 1.29 is 33.0 Å². The number of carbonyl (C=O) groups excluding carboxylic acids is 1. The number of aliphatic carboxylic acids is 1. The lowest BCUT2D eigenvalue weighted by molar-refractivity contribution is -0.132. The zero-order chi connectivity index (χ0) is 27.1. The van der Waals surface area contributed by atoms with Crippen LogP contribution in [0, 0.1) is 11.6 Å². The molecule has 1 unspecified atom stereocenters. The highest BCUT2D eigenvalue weighted by Gasteiger charge is 2.18. The predicted octanol–water partition coefficient (Wildman–Crippen LogP) is 6.54. The van der Waals surface area contributed by atoms with Crippen LogP contribution in [0.1, 0.15) is 55.1 Å². The standard InChI is InChI=1S/C27H28F2N2O5S/c1-5-7-16(3)36-13-17-8-6-9-19(24(17)35-4)23-14-37-27(30-23)31-25(32)18-11-21(28)20(22(29)12-18)10-15(2)26(33)34/h6,8-12,14,16H,5,7,13H2,1-4H3,(H,33,34)(H,30,31,32)/b15-10+. The number of thiazole rings is 1. The van der Waals surface area contributed by atoms with E-state index in [2.05, 4.69) is 17.2 Å². The van der Waals surface area contributed by atoms with Crippen LogP contribution in [0.2, 0.25) is 0 Å². The smallest absolute Gasteiger partial charge is 0.331 e. The van der Waals surface area contributed by atoms with Gasteiger partial charge in [0.2, 0.25) is 0 Å². The van der Waals surface area contributed by atoms with Crippen LogP contribution in [-0.4, -0.2) is 35.2 Å². The number of carbonyl (C=O) groups is 2. The van der Waals surface area contributed by atoms with E-state index in [0.717, 1.165) is 48.0 Å². The lowest BCUT2D eigenvalue weighted by Gasteiger charge is -2.16. The van der Waals surface area contributed by atoms with Gasteiger partial charge in [-0.2, -0.15) is 0 Å². The molecule has 1 heterocycles. The molecule has 3 rings (SSSR count). The van der Waals surface area contributed by atoms with Crippen LogP contribution in [0.5, 0.6) is 5.75 Å². The van der Waals surface area contributed by atoms with Gasteiger partial charge >= 0.3 is 5.97 Å². The summed E-state index contributed by atoms with van der Waals surface area (Å²) in [4.78, 5) is 28.1. The second kappa shape index (κ2) is 12.6. The van der Waals surface area contributed by atoms with Gasteiger partial charge in [-0.1, -0.05) is 25.5 Å². The number of hydrogen-bond acceptors (Lipinski definition) is 6. The largest absolute Gasteiger partial charge is 0.496 e. The van der Waals surface area contributed by atoms with Gasteiger partial charge in [0.15, 0.2) is 5.13 Å². The van der Waals surface area contributed by atoms with Crippen LogP contribution in [0.15, 0.2) is 41.3 Å². The van der Waals surface area contributed by atoms with Crippen molar-refractivity contribution in [3.05, 3.63) is 69.6 Å². The summed E-state index contributed by atoms with van der Waals surface area (Å²) in [6, 6.07) is 7.32. The third-order valence-corrected chi connectivity index (χ3v) is 6.32. The first-order valence-corrected chi connectivity index (χ1v) is 12.5. The average molecular weight is 531 g/mol. The Morgan fingerprint density at radius 3 is 2.57 bits per heavy atom. The van der Waals surface area contributed by atoms with Gasteiger partial charge in [0.25, 0.3) is 5.91 Å². The van der Waals surface area contributed by atoms with Crippen LogP contribution < -0.4 is 10.1 Å². The average Bonchev–Trinajstić information content (AvgIpc) is 3.32. The van der Waals surface area contributed by atoms with E-state index in [0.29, 0.717) is 23.6 Å². The van der Waals surface area contributed by atoms with Gasteiger partial charge in [-0.05, 0) is 44.5 Å². The number of amides is 1. The summed E-state index contributed by atoms with van der Waals surface area (Å²) in [6.07, 6.45) is 2.96. The van der Waals surface area contributed by atoms with Crippen LogP contribution in [0.25, 0.3) is 17.3 Å². The minimum atomic E-state index is -1.30. The minimum Gasteiger partial charge on any atom is -0.496 e. The molecule has 0 saturated heterocycles. The first kappa shape index (κ1) is 27.9. The molecule has 196 valence electrons. The fraction of sp³-hybridized carbons (Fsp3) is 0.296. The van der Waals surface area contributed by atoms with E-state index < -0.39 is 29.1 Å². The number of aromatic nitrogens is 1. The number of halogens is 2. The molecular weight excluding hydrogens is 502 g/mol. The van der Waals surface area contributed by atoms with Crippen LogP contribution in [0.4, 0.5) is 13.9 Å². The molecule has 0 spiro atoms. The summed E-state index contributed by atoms with van der Waals surface area (Å²) >= 11 is 1.15. The van der Waals surface area contributed by atoms with E-state index in [4.69, 9.17) is 14.6 Å². The zero-order valence-corrected chi connectivity index (χ0v) is 21.7. The van der Waals surface area contributed by atoms with E-state index in [1.165, 1.54) is 6.92 Å². The lowest BCUT2D eigenvalue weighted by Crippen LogP contribution is -2.13. The fourth-order valence-electron chi connectivity index (χ4n) is 3.62. The number of carboxylic acids is 1. The van der Waals surface area contributed by atoms with Gasteiger partial charge in [-0.15, -0.1) is 11.3 Å². The molecule has 2 N–H and O–H groups in total. The topological polar surface area (TPSA) is 97.8 Å². The second-order valence-corrected chi connectivity index (χ2v) is 9.24. The van der Waals surface area contributed by atoms with E-state index in [9.17, 15) is 18.4 Å². The van der Waals surface area contributed by atoms with Crippen molar-refractivity contribution >= 4 is 34.4 Å². The summed E-state index contributed by atoms with van der Waals surface area (Å²) in [5.41, 5.74) is 1.09. The Kier molecular flexibility index (Phi) is 9.48. The van der Waals surface area contributed by atoms with Crippen molar-refractivity contribution in [2.75, 3.05) is 12.4 Å². The first-order chi connectivity index (χ1) is 17.6. The molecule has 37 heavy (non-hydrogen) atoms. The van der Waals surface area contributed by atoms with E-state index >= 15 is 0 Å². The highest BCUT2D eigenvalue weighted by molar-refractivity contribution is 7.14. The number of nitrogens with zero attached hydrogens (tertiary/aromatic N) is 1. The van der Waals surface area contributed by atoms with Crippen molar-refractivity contribution in [1.29, 1.82) is 0 Å². The van der Waals surface area contributed by atoms with E-state index in [1.54, 1.807) is 12.5 Å². The number of methoxy groups -OCH3 is 1. The Morgan fingerprint density at radius 1 is 1.24 bits per heavy atom. The van der Waals surface area contributed by atoms with Gasteiger partial charge < -0.3 is 14.6 Å². The number of hydrogen-bond donors (Lipinski definition) is 2. The molecule has 0 radical (unpaired) electrons. The van der Waals surface area contributed by atoms with Crippen molar-refractivity contribution in [3.8, 4) is 17.0 Å². The number of anilines is 1. The van der Waals surface area contributed by atoms with Gasteiger partial charge in [-0.3, -0.25) is 10.1 Å². The third-order valence-electron chi connectivity index (χ3n) is 5.56. The lowest BCUT2D eigenvalue weighted by atomic mass is 10.1. The number of benzene rings is 2. The molecule has 7 nitrogen and oxygen atoms in total. The summed E-state index contributed by atoms with van der Waals surface area (Å²) in [5.74, 6) is -3.56. The van der Waals surface area contributed by atoms with Crippen LogP contribution in [0.3, 0.4) is 0 Å². The maximum atomic E-state index is 14.4. The Hall–Kier alpha value is -3.63. The molecule has 2 aromatic carbocycles. The molecule has 1 amide bonds. The molecule has 0 fully saturated rings. The van der Waals surface area contributed by atoms with Crippen LogP contribution >= 0.6 is 11.3 Å². The number of rotatable bonds is 11. The Balaban J connectivity index is 1.79.